The molecular formula is C20H22F3N3O. The molecule has 7 heteroatoms. The van der Waals surface area contributed by atoms with Crippen LogP contribution in [0.3, 0.4) is 0 Å². The largest absolute Gasteiger partial charge is 0.418 e. The third-order valence-electron chi connectivity index (χ3n) is 4.70. The van der Waals surface area contributed by atoms with Crippen LogP contribution >= 0.6 is 0 Å². The molecule has 0 aliphatic heterocycles. The third kappa shape index (κ3) is 5.21. The number of alkyl halides is 3. The van der Waals surface area contributed by atoms with Crippen molar-refractivity contribution in [1.82, 2.24) is 10.3 Å². The Labute approximate surface area is 156 Å². The topological polar surface area (TPSA) is 54.0 Å². The van der Waals surface area contributed by atoms with Crippen LogP contribution in [0.5, 0.6) is 0 Å². The Morgan fingerprint density at radius 1 is 1.04 bits per heavy atom. The van der Waals surface area contributed by atoms with Crippen LogP contribution in [0.1, 0.15) is 54.4 Å². The number of rotatable bonds is 4. The zero-order chi connectivity index (χ0) is 19.3. The van der Waals surface area contributed by atoms with Gasteiger partial charge in [0.1, 0.15) is 0 Å². The number of nitrogens with one attached hydrogen (secondary N) is 2. The standard InChI is InChI=1S/C20H22F3N3O/c21-20(22,23)17-9-5-6-10-18(17)25-16-11-14(12-24-13-16)19(27)26-15-7-3-1-2-4-8-15/h5-6,9-13,15,25H,1-4,7-8H2,(H,26,27). The Balaban J connectivity index is 1.73. The number of aromatic nitrogens is 1. The molecule has 1 heterocycles. The van der Waals surface area contributed by atoms with Gasteiger partial charge in [-0.15, -0.1) is 0 Å². The Hall–Kier alpha value is -2.57. The van der Waals surface area contributed by atoms with E-state index in [1.165, 1.54) is 49.5 Å². The van der Waals surface area contributed by atoms with Crippen LogP contribution in [0, 0.1) is 0 Å². The maximum atomic E-state index is 13.1. The minimum Gasteiger partial charge on any atom is -0.354 e. The lowest BCUT2D eigenvalue weighted by molar-refractivity contribution is -0.136. The second-order valence-electron chi connectivity index (χ2n) is 6.79. The number of pyridine rings is 1. The number of hydrogen-bond donors (Lipinski definition) is 2. The molecule has 27 heavy (non-hydrogen) atoms. The summed E-state index contributed by atoms with van der Waals surface area (Å²) in [6, 6.07) is 6.88. The van der Waals surface area contributed by atoms with Gasteiger partial charge in [0.05, 0.1) is 28.7 Å². The zero-order valence-electron chi connectivity index (χ0n) is 14.9. The van der Waals surface area contributed by atoms with Gasteiger partial charge in [0.15, 0.2) is 0 Å². The van der Waals surface area contributed by atoms with Gasteiger partial charge in [0.25, 0.3) is 5.91 Å². The van der Waals surface area contributed by atoms with Crippen molar-refractivity contribution in [2.75, 3.05) is 5.32 Å². The summed E-state index contributed by atoms with van der Waals surface area (Å²) in [5.41, 5.74) is -0.180. The molecule has 1 fully saturated rings. The molecule has 0 unspecified atom stereocenters. The second-order valence-corrected chi connectivity index (χ2v) is 6.79. The molecule has 1 saturated carbocycles. The first-order chi connectivity index (χ1) is 12.9. The minimum atomic E-state index is -4.47. The van der Waals surface area contributed by atoms with E-state index >= 15 is 0 Å². The van der Waals surface area contributed by atoms with Crippen molar-refractivity contribution >= 4 is 17.3 Å². The van der Waals surface area contributed by atoms with Crippen LogP contribution < -0.4 is 10.6 Å². The molecule has 0 radical (unpaired) electrons. The van der Waals surface area contributed by atoms with E-state index < -0.39 is 11.7 Å². The van der Waals surface area contributed by atoms with Gasteiger partial charge in [-0.05, 0) is 31.0 Å². The van der Waals surface area contributed by atoms with Crippen molar-refractivity contribution in [3.05, 3.63) is 53.9 Å². The van der Waals surface area contributed by atoms with Gasteiger partial charge < -0.3 is 10.6 Å². The molecule has 1 aromatic carbocycles. The number of para-hydroxylation sites is 1. The van der Waals surface area contributed by atoms with Crippen LogP contribution in [0.2, 0.25) is 0 Å². The number of benzene rings is 1. The highest BCUT2D eigenvalue weighted by Crippen LogP contribution is 2.35. The van der Waals surface area contributed by atoms with Crippen molar-refractivity contribution in [2.45, 2.75) is 50.7 Å². The van der Waals surface area contributed by atoms with Gasteiger partial charge in [-0.2, -0.15) is 13.2 Å². The summed E-state index contributed by atoms with van der Waals surface area (Å²) < 4.78 is 39.4. The van der Waals surface area contributed by atoms with Crippen molar-refractivity contribution in [2.24, 2.45) is 0 Å². The molecule has 0 saturated heterocycles. The molecule has 1 amide bonds. The number of carbonyl (C=O) groups is 1. The lowest BCUT2D eigenvalue weighted by atomic mass is 10.1. The summed E-state index contributed by atoms with van der Waals surface area (Å²) in [4.78, 5) is 16.5. The number of halogens is 3. The average molecular weight is 377 g/mol. The van der Waals surface area contributed by atoms with Crippen LogP contribution in [0.15, 0.2) is 42.7 Å². The summed E-state index contributed by atoms with van der Waals surface area (Å²) >= 11 is 0. The lowest BCUT2D eigenvalue weighted by Gasteiger charge is -2.17. The maximum Gasteiger partial charge on any atom is 0.418 e. The monoisotopic (exact) mass is 377 g/mol. The number of nitrogens with zero attached hydrogens (tertiary/aromatic N) is 1. The molecule has 4 nitrogen and oxygen atoms in total. The summed E-state index contributed by atoms with van der Waals surface area (Å²) in [5.74, 6) is -0.248. The van der Waals surface area contributed by atoms with Gasteiger partial charge in [0.2, 0.25) is 0 Å². The summed E-state index contributed by atoms with van der Waals surface area (Å²) in [7, 11) is 0. The van der Waals surface area contributed by atoms with Crippen molar-refractivity contribution in [3.63, 3.8) is 0 Å². The molecule has 144 valence electrons. The van der Waals surface area contributed by atoms with Gasteiger partial charge in [-0.25, -0.2) is 0 Å². The van der Waals surface area contributed by atoms with E-state index in [-0.39, 0.29) is 17.6 Å². The van der Waals surface area contributed by atoms with E-state index in [2.05, 4.69) is 15.6 Å². The van der Waals surface area contributed by atoms with Crippen molar-refractivity contribution < 1.29 is 18.0 Å². The first kappa shape index (κ1) is 19.2. The van der Waals surface area contributed by atoms with Crippen molar-refractivity contribution in [1.29, 1.82) is 0 Å². The number of carbonyl (C=O) groups excluding carboxylic acids is 1. The molecule has 3 rings (SSSR count). The van der Waals surface area contributed by atoms with E-state index in [9.17, 15) is 18.0 Å². The number of hydrogen-bond acceptors (Lipinski definition) is 3. The highest BCUT2D eigenvalue weighted by atomic mass is 19.4. The van der Waals surface area contributed by atoms with E-state index in [0.29, 0.717) is 11.3 Å². The Kier molecular flexibility index (Phi) is 5.98. The van der Waals surface area contributed by atoms with Crippen molar-refractivity contribution in [3.8, 4) is 0 Å². The average Bonchev–Trinajstić information content (AvgIpc) is 2.90. The number of anilines is 2. The quantitative estimate of drug-likeness (QED) is 0.711. The third-order valence-corrected chi connectivity index (χ3v) is 4.70. The van der Waals surface area contributed by atoms with Crippen LogP contribution in [-0.4, -0.2) is 16.9 Å². The normalized spacial score (nSPS) is 15.8. The molecular weight excluding hydrogens is 355 g/mol. The molecule has 1 aliphatic carbocycles. The molecule has 1 aromatic heterocycles. The van der Waals surface area contributed by atoms with Crippen LogP contribution in [-0.2, 0) is 6.18 Å². The van der Waals surface area contributed by atoms with Gasteiger partial charge in [-0.1, -0.05) is 37.8 Å². The Morgan fingerprint density at radius 2 is 1.74 bits per heavy atom. The molecule has 0 bridgehead atoms. The van der Waals surface area contributed by atoms with Crippen LogP contribution in [0.4, 0.5) is 24.5 Å². The smallest absolute Gasteiger partial charge is 0.354 e. The molecule has 0 spiro atoms. The SMILES string of the molecule is O=C(NC1CCCCCC1)c1cncc(Nc2ccccc2C(F)(F)F)c1. The molecule has 1 aliphatic rings. The Morgan fingerprint density at radius 3 is 2.44 bits per heavy atom. The Bertz CT molecular complexity index is 784. The highest BCUT2D eigenvalue weighted by Gasteiger charge is 2.33. The first-order valence-corrected chi connectivity index (χ1v) is 9.12. The van der Waals surface area contributed by atoms with Crippen LogP contribution in [0.25, 0.3) is 0 Å². The van der Waals surface area contributed by atoms with Gasteiger partial charge in [0, 0.05) is 12.2 Å². The van der Waals surface area contributed by atoms with Gasteiger partial charge >= 0.3 is 6.18 Å². The summed E-state index contributed by atoms with van der Waals surface area (Å²) in [5, 5.41) is 5.74. The zero-order valence-corrected chi connectivity index (χ0v) is 14.9. The molecule has 2 N–H and O–H groups in total. The van der Waals surface area contributed by atoms with E-state index in [0.717, 1.165) is 31.7 Å². The predicted octanol–water partition coefficient (Wildman–Crippen LogP) is 5.30. The van der Waals surface area contributed by atoms with E-state index in [1.54, 1.807) is 0 Å². The molecule has 2 aromatic rings. The summed E-state index contributed by atoms with van der Waals surface area (Å²) in [6.07, 6.45) is 4.83. The first-order valence-electron chi connectivity index (χ1n) is 9.12. The second kappa shape index (κ2) is 8.41. The van der Waals surface area contributed by atoms with E-state index in [1.807, 2.05) is 0 Å². The summed E-state index contributed by atoms with van der Waals surface area (Å²) in [6.45, 7) is 0. The highest BCUT2D eigenvalue weighted by molar-refractivity contribution is 5.95. The van der Waals surface area contributed by atoms with E-state index in [4.69, 9.17) is 0 Å². The fourth-order valence-electron chi connectivity index (χ4n) is 3.32. The molecule has 0 atom stereocenters. The fourth-order valence-corrected chi connectivity index (χ4v) is 3.32. The predicted molar refractivity (Wildman–Crippen MR) is 97.9 cm³/mol. The minimum absolute atomic E-state index is 0.0758. The fraction of sp³-hybridized carbons (Fsp3) is 0.400. The lowest BCUT2D eigenvalue weighted by Crippen LogP contribution is -2.34. The maximum absolute atomic E-state index is 13.1. The number of amides is 1. The van der Waals surface area contributed by atoms with Gasteiger partial charge in [-0.3, -0.25) is 9.78 Å².